The minimum absolute atomic E-state index is 0.0764. The van der Waals surface area contributed by atoms with Crippen molar-refractivity contribution < 1.29 is 9.90 Å². The quantitative estimate of drug-likeness (QED) is 0.684. The highest BCUT2D eigenvalue weighted by atomic mass is 32.1. The molecule has 1 aromatic heterocycles. The van der Waals surface area contributed by atoms with Crippen LogP contribution in [-0.4, -0.2) is 25.9 Å². The maximum atomic E-state index is 10.4. The number of rotatable bonds is 2. The average Bonchev–Trinajstić information content (AvgIpc) is 2.60. The second-order valence-electron chi connectivity index (χ2n) is 2.49. The first-order valence-corrected chi connectivity index (χ1v) is 3.94. The molecule has 1 heterocycles. The van der Waals surface area contributed by atoms with Crippen LogP contribution in [-0.2, 0) is 4.79 Å². The van der Waals surface area contributed by atoms with Gasteiger partial charge in [0.25, 0.3) is 0 Å². The lowest BCUT2D eigenvalue weighted by atomic mass is 10.3. The van der Waals surface area contributed by atoms with Crippen LogP contribution in [0.1, 0.15) is 17.3 Å². The van der Waals surface area contributed by atoms with Crippen LogP contribution in [0.4, 0.5) is 0 Å². The van der Waals surface area contributed by atoms with Gasteiger partial charge in [-0.05, 0) is 11.6 Å². The van der Waals surface area contributed by atoms with Crippen molar-refractivity contribution in [3.05, 3.63) is 5.01 Å². The van der Waals surface area contributed by atoms with E-state index in [4.69, 9.17) is 5.11 Å². The second-order valence-corrected chi connectivity index (χ2v) is 3.25. The molecule has 5 nitrogen and oxygen atoms in total. The Morgan fingerprint density at radius 1 is 1.73 bits per heavy atom. The summed E-state index contributed by atoms with van der Waals surface area (Å²) in [5, 5.41) is 16.4. The summed E-state index contributed by atoms with van der Waals surface area (Å²) >= 11 is 1.18. The summed E-state index contributed by atoms with van der Waals surface area (Å²) in [6, 6.07) is 0. The molecule has 2 unspecified atom stereocenters. The highest BCUT2D eigenvalue weighted by Crippen LogP contribution is 2.47. The molecule has 0 saturated heterocycles. The Labute approximate surface area is 66.2 Å². The Hall–Kier alpha value is -1.04. The molecule has 1 fully saturated rings. The van der Waals surface area contributed by atoms with Crippen molar-refractivity contribution >= 4 is 17.5 Å². The van der Waals surface area contributed by atoms with Gasteiger partial charge in [0.2, 0.25) is 0 Å². The summed E-state index contributed by atoms with van der Waals surface area (Å²) in [6.07, 6.45) is 0.687. The molecule has 1 aromatic rings. The van der Waals surface area contributed by atoms with Crippen LogP contribution in [0.5, 0.6) is 0 Å². The lowest BCUT2D eigenvalue weighted by Gasteiger charge is -1.85. The molecule has 0 aliphatic heterocycles. The van der Waals surface area contributed by atoms with Gasteiger partial charge in [0, 0.05) is 17.5 Å². The molecule has 0 aromatic carbocycles. The van der Waals surface area contributed by atoms with E-state index in [9.17, 15) is 4.79 Å². The van der Waals surface area contributed by atoms with Gasteiger partial charge in [-0.1, -0.05) is 4.49 Å². The molecule has 1 aliphatic rings. The molecular formula is C5H5N3O2S. The van der Waals surface area contributed by atoms with E-state index in [0.717, 1.165) is 5.01 Å². The summed E-state index contributed by atoms with van der Waals surface area (Å²) in [6.45, 7) is 0. The SMILES string of the molecule is O=C(O)C1CC1c1nnns1. The minimum Gasteiger partial charge on any atom is -0.481 e. The summed E-state index contributed by atoms with van der Waals surface area (Å²) in [7, 11) is 0. The average molecular weight is 171 g/mol. The highest BCUT2D eigenvalue weighted by Gasteiger charge is 2.46. The molecule has 0 bridgehead atoms. The zero-order chi connectivity index (χ0) is 7.84. The molecule has 1 N–H and O–H groups in total. The van der Waals surface area contributed by atoms with Crippen LogP contribution in [0, 0.1) is 5.92 Å². The Bertz CT molecular complexity index is 273. The summed E-state index contributed by atoms with van der Waals surface area (Å²) < 4.78 is 3.56. The first-order valence-electron chi connectivity index (χ1n) is 3.17. The molecular weight excluding hydrogens is 166 g/mol. The van der Waals surface area contributed by atoms with Crippen LogP contribution in [0.25, 0.3) is 0 Å². The zero-order valence-corrected chi connectivity index (χ0v) is 6.28. The van der Waals surface area contributed by atoms with E-state index in [0.29, 0.717) is 6.42 Å². The molecule has 6 heteroatoms. The van der Waals surface area contributed by atoms with Crippen molar-refractivity contribution in [3.63, 3.8) is 0 Å². The van der Waals surface area contributed by atoms with Crippen molar-refractivity contribution in [3.8, 4) is 0 Å². The fourth-order valence-electron chi connectivity index (χ4n) is 1.02. The van der Waals surface area contributed by atoms with E-state index in [2.05, 4.69) is 14.8 Å². The number of hydrogen-bond donors (Lipinski definition) is 1. The summed E-state index contributed by atoms with van der Waals surface area (Å²) in [4.78, 5) is 10.4. The number of aromatic nitrogens is 3. The van der Waals surface area contributed by atoms with Gasteiger partial charge in [-0.25, -0.2) is 0 Å². The lowest BCUT2D eigenvalue weighted by Crippen LogP contribution is -1.98. The van der Waals surface area contributed by atoms with E-state index in [1.54, 1.807) is 0 Å². The van der Waals surface area contributed by atoms with Gasteiger partial charge >= 0.3 is 5.97 Å². The Morgan fingerprint density at radius 2 is 2.55 bits per heavy atom. The van der Waals surface area contributed by atoms with Crippen molar-refractivity contribution in [2.75, 3.05) is 0 Å². The van der Waals surface area contributed by atoms with Gasteiger partial charge in [-0.2, -0.15) is 0 Å². The second kappa shape index (κ2) is 2.23. The summed E-state index contributed by atoms with van der Waals surface area (Å²) in [5.74, 6) is -0.914. The van der Waals surface area contributed by atoms with Gasteiger partial charge in [-0.15, -0.1) is 5.10 Å². The molecule has 1 saturated carbocycles. The van der Waals surface area contributed by atoms with Crippen LogP contribution >= 0.6 is 11.5 Å². The Balaban J connectivity index is 2.08. The van der Waals surface area contributed by atoms with E-state index in [1.807, 2.05) is 0 Å². The van der Waals surface area contributed by atoms with Crippen molar-refractivity contribution in [1.82, 2.24) is 14.8 Å². The predicted molar refractivity (Wildman–Crippen MR) is 36.2 cm³/mol. The number of carboxylic acid groups (broad SMARTS) is 1. The van der Waals surface area contributed by atoms with E-state index < -0.39 is 5.97 Å². The van der Waals surface area contributed by atoms with E-state index in [1.165, 1.54) is 11.5 Å². The number of carboxylic acids is 1. The first kappa shape index (κ1) is 6.66. The molecule has 1 aliphatic carbocycles. The van der Waals surface area contributed by atoms with Crippen LogP contribution in [0.2, 0.25) is 0 Å². The molecule has 11 heavy (non-hydrogen) atoms. The minimum atomic E-state index is -0.745. The Morgan fingerprint density at radius 3 is 3.00 bits per heavy atom. The Kier molecular flexibility index (Phi) is 1.35. The molecule has 0 spiro atoms. The molecule has 58 valence electrons. The fraction of sp³-hybridized carbons (Fsp3) is 0.600. The number of hydrogen-bond acceptors (Lipinski definition) is 5. The van der Waals surface area contributed by atoms with Gasteiger partial charge in [0.05, 0.1) is 5.92 Å². The normalized spacial score (nSPS) is 28.4. The van der Waals surface area contributed by atoms with Crippen molar-refractivity contribution in [2.45, 2.75) is 12.3 Å². The van der Waals surface area contributed by atoms with Gasteiger partial charge < -0.3 is 5.11 Å². The maximum absolute atomic E-state index is 10.4. The zero-order valence-electron chi connectivity index (χ0n) is 5.47. The van der Waals surface area contributed by atoms with Crippen LogP contribution in [0.15, 0.2) is 0 Å². The smallest absolute Gasteiger partial charge is 0.307 e. The van der Waals surface area contributed by atoms with Crippen molar-refractivity contribution in [1.29, 1.82) is 0 Å². The number of aliphatic carboxylic acids is 1. The predicted octanol–water partition coefficient (Wildman–Crippen LogP) is 0.121. The monoisotopic (exact) mass is 171 g/mol. The number of carbonyl (C=O) groups is 1. The van der Waals surface area contributed by atoms with E-state index in [-0.39, 0.29) is 11.8 Å². The maximum Gasteiger partial charge on any atom is 0.307 e. The molecule has 2 atom stereocenters. The standard InChI is InChI=1S/C5H5N3O2S/c9-5(10)3-1-2(3)4-6-7-8-11-4/h2-3H,1H2,(H,9,10). The van der Waals surface area contributed by atoms with Crippen LogP contribution in [0.3, 0.4) is 0 Å². The topological polar surface area (TPSA) is 76.0 Å². The molecule has 0 amide bonds. The fourth-order valence-corrected chi connectivity index (χ4v) is 1.65. The largest absolute Gasteiger partial charge is 0.481 e. The first-order chi connectivity index (χ1) is 5.29. The number of nitrogens with zero attached hydrogens (tertiary/aromatic N) is 3. The van der Waals surface area contributed by atoms with E-state index >= 15 is 0 Å². The molecule has 0 radical (unpaired) electrons. The van der Waals surface area contributed by atoms with Crippen LogP contribution < -0.4 is 0 Å². The third kappa shape index (κ3) is 1.09. The highest BCUT2D eigenvalue weighted by molar-refractivity contribution is 7.05. The van der Waals surface area contributed by atoms with Gasteiger partial charge in [0.15, 0.2) is 0 Å². The lowest BCUT2D eigenvalue weighted by molar-refractivity contribution is -0.138. The van der Waals surface area contributed by atoms with Gasteiger partial charge in [0.1, 0.15) is 5.01 Å². The van der Waals surface area contributed by atoms with Crippen molar-refractivity contribution in [2.24, 2.45) is 5.92 Å². The summed E-state index contributed by atoms with van der Waals surface area (Å²) in [5.41, 5.74) is 0. The van der Waals surface area contributed by atoms with Gasteiger partial charge in [-0.3, -0.25) is 4.79 Å². The third-order valence-corrected chi connectivity index (χ3v) is 2.47. The molecule has 2 rings (SSSR count). The third-order valence-electron chi connectivity index (χ3n) is 1.74.